The first-order valence-corrected chi connectivity index (χ1v) is 8.38. The fraction of sp³-hybridized carbons (Fsp3) is 0.412. The molecule has 2 aromatic heterocycles. The van der Waals surface area contributed by atoms with Crippen LogP contribution >= 0.6 is 15.9 Å². The molecule has 23 heavy (non-hydrogen) atoms. The second kappa shape index (κ2) is 6.00. The van der Waals surface area contributed by atoms with Crippen LogP contribution in [-0.4, -0.2) is 22.4 Å². The van der Waals surface area contributed by atoms with Gasteiger partial charge >= 0.3 is 5.97 Å². The molecule has 6 heteroatoms. The number of aryl methyl sites for hydroxylation is 1. The molecule has 1 aliphatic heterocycles. The quantitative estimate of drug-likeness (QED) is 0.598. The molecule has 1 aliphatic rings. The SMILES string of the molecule is Cc1cc2n(c1C(=O)c1ccc(Br)o1)CCC2C(=O)OC(C)C. The summed E-state index contributed by atoms with van der Waals surface area (Å²) in [6.07, 6.45) is 0.512. The van der Waals surface area contributed by atoms with Gasteiger partial charge in [0.15, 0.2) is 10.4 Å². The maximum atomic E-state index is 12.7. The van der Waals surface area contributed by atoms with E-state index in [1.165, 1.54) is 0 Å². The molecule has 3 heterocycles. The highest BCUT2D eigenvalue weighted by atomic mass is 79.9. The Balaban J connectivity index is 1.94. The van der Waals surface area contributed by atoms with Crippen LogP contribution in [0.15, 0.2) is 27.3 Å². The van der Waals surface area contributed by atoms with E-state index in [9.17, 15) is 9.59 Å². The maximum Gasteiger partial charge on any atom is 0.315 e. The molecule has 0 saturated heterocycles. The van der Waals surface area contributed by atoms with Gasteiger partial charge < -0.3 is 13.7 Å². The molecule has 0 saturated carbocycles. The van der Waals surface area contributed by atoms with Gasteiger partial charge in [0.05, 0.1) is 17.7 Å². The number of esters is 1. The summed E-state index contributed by atoms with van der Waals surface area (Å²) < 4.78 is 13.1. The lowest BCUT2D eigenvalue weighted by atomic mass is 10.0. The molecule has 122 valence electrons. The number of carbonyl (C=O) groups is 2. The summed E-state index contributed by atoms with van der Waals surface area (Å²) in [6.45, 7) is 6.17. The van der Waals surface area contributed by atoms with E-state index in [0.717, 1.165) is 11.3 Å². The van der Waals surface area contributed by atoms with E-state index in [2.05, 4.69) is 15.9 Å². The third-order valence-corrected chi connectivity index (χ3v) is 4.39. The fourth-order valence-electron chi connectivity index (χ4n) is 3.05. The molecule has 3 rings (SSSR count). The minimum atomic E-state index is -0.305. The molecule has 1 atom stereocenters. The van der Waals surface area contributed by atoms with E-state index in [4.69, 9.17) is 9.15 Å². The van der Waals surface area contributed by atoms with Gasteiger partial charge in [-0.05, 0) is 66.9 Å². The summed E-state index contributed by atoms with van der Waals surface area (Å²) in [7, 11) is 0. The smallest absolute Gasteiger partial charge is 0.315 e. The maximum absolute atomic E-state index is 12.7. The Morgan fingerprint density at radius 2 is 2.13 bits per heavy atom. The molecular weight excluding hydrogens is 362 g/mol. The number of rotatable bonds is 4. The number of hydrogen-bond donors (Lipinski definition) is 0. The normalized spacial score (nSPS) is 16.7. The fourth-order valence-corrected chi connectivity index (χ4v) is 3.36. The van der Waals surface area contributed by atoms with Crippen molar-refractivity contribution in [1.82, 2.24) is 4.57 Å². The summed E-state index contributed by atoms with van der Waals surface area (Å²) in [5.41, 5.74) is 2.28. The van der Waals surface area contributed by atoms with Gasteiger partial charge in [0.25, 0.3) is 0 Å². The van der Waals surface area contributed by atoms with E-state index in [-0.39, 0.29) is 29.5 Å². The zero-order valence-electron chi connectivity index (χ0n) is 13.3. The number of fused-ring (bicyclic) bond motifs is 1. The second-order valence-corrected chi connectivity index (χ2v) is 6.79. The van der Waals surface area contributed by atoms with Crippen LogP contribution in [0.25, 0.3) is 0 Å². The van der Waals surface area contributed by atoms with Gasteiger partial charge in [0, 0.05) is 12.2 Å². The van der Waals surface area contributed by atoms with Crippen LogP contribution in [0.2, 0.25) is 0 Å². The second-order valence-electron chi connectivity index (χ2n) is 6.01. The Bertz CT molecular complexity index is 772. The van der Waals surface area contributed by atoms with Crippen molar-refractivity contribution in [2.45, 2.75) is 45.8 Å². The summed E-state index contributed by atoms with van der Waals surface area (Å²) in [5.74, 6) is -0.414. The van der Waals surface area contributed by atoms with Crippen LogP contribution in [0.1, 0.15) is 53.7 Å². The lowest BCUT2D eigenvalue weighted by molar-refractivity contribution is -0.149. The highest BCUT2D eigenvalue weighted by Gasteiger charge is 2.35. The molecule has 0 amide bonds. The number of halogens is 1. The van der Waals surface area contributed by atoms with Gasteiger partial charge in [0.1, 0.15) is 0 Å². The predicted octanol–water partition coefficient (Wildman–Crippen LogP) is 3.82. The number of nitrogens with zero attached hydrogens (tertiary/aromatic N) is 1. The molecule has 0 fully saturated rings. The third-order valence-electron chi connectivity index (χ3n) is 3.97. The van der Waals surface area contributed by atoms with E-state index in [0.29, 0.717) is 23.3 Å². The molecule has 0 spiro atoms. The first kappa shape index (κ1) is 16.1. The Labute approximate surface area is 142 Å². The van der Waals surface area contributed by atoms with Crippen LogP contribution in [0.4, 0.5) is 0 Å². The number of ether oxygens (including phenoxy) is 1. The number of furan rings is 1. The lowest BCUT2D eigenvalue weighted by Gasteiger charge is -2.12. The molecule has 0 radical (unpaired) electrons. The van der Waals surface area contributed by atoms with Crippen LogP contribution in [0.5, 0.6) is 0 Å². The monoisotopic (exact) mass is 379 g/mol. The number of carbonyl (C=O) groups excluding carboxylic acids is 2. The predicted molar refractivity (Wildman–Crippen MR) is 87.6 cm³/mol. The molecule has 0 N–H and O–H groups in total. The average Bonchev–Trinajstić information content (AvgIpc) is 3.12. The van der Waals surface area contributed by atoms with Crippen molar-refractivity contribution in [2.75, 3.05) is 0 Å². The van der Waals surface area contributed by atoms with Gasteiger partial charge in [-0.15, -0.1) is 0 Å². The Hall–Kier alpha value is -1.82. The summed E-state index contributed by atoms with van der Waals surface area (Å²) >= 11 is 3.21. The number of ketones is 1. The van der Waals surface area contributed by atoms with Crippen molar-refractivity contribution >= 4 is 27.7 Å². The molecule has 5 nitrogen and oxygen atoms in total. The van der Waals surface area contributed by atoms with Crippen LogP contribution in [-0.2, 0) is 16.1 Å². The number of aromatic nitrogens is 1. The molecule has 0 aliphatic carbocycles. The van der Waals surface area contributed by atoms with E-state index in [1.807, 2.05) is 31.4 Å². The van der Waals surface area contributed by atoms with Crippen molar-refractivity contribution in [1.29, 1.82) is 0 Å². The zero-order valence-corrected chi connectivity index (χ0v) is 14.8. The van der Waals surface area contributed by atoms with Crippen LogP contribution in [0, 0.1) is 6.92 Å². The zero-order chi connectivity index (χ0) is 16.7. The van der Waals surface area contributed by atoms with Crippen molar-refractivity contribution in [3.05, 3.63) is 45.6 Å². The molecule has 1 unspecified atom stereocenters. The highest BCUT2D eigenvalue weighted by Crippen LogP contribution is 2.35. The first-order chi connectivity index (χ1) is 10.9. The van der Waals surface area contributed by atoms with Crippen molar-refractivity contribution in [3.8, 4) is 0 Å². The molecule has 0 bridgehead atoms. The van der Waals surface area contributed by atoms with Crippen LogP contribution in [0.3, 0.4) is 0 Å². The summed E-state index contributed by atoms with van der Waals surface area (Å²) in [6, 6.07) is 5.24. The largest absolute Gasteiger partial charge is 0.462 e. The van der Waals surface area contributed by atoms with Crippen molar-refractivity contribution in [2.24, 2.45) is 0 Å². The standard InChI is InChI=1S/C17H18BrNO4/c1-9(2)22-17(21)11-6-7-19-12(11)8-10(3)15(19)16(20)13-4-5-14(18)23-13/h4-5,8-9,11H,6-7H2,1-3H3. The van der Waals surface area contributed by atoms with Crippen LogP contribution < -0.4 is 0 Å². The summed E-state index contributed by atoms with van der Waals surface area (Å²) in [5, 5.41) is 0. The van der Waals surface area contributed by atoms with E-state index in [1.54, 1.807) is 12.1 Å². The van der Waals surface area contributed by atoms with Gasteiger partial charge in [0.2, 0.25) is 5.78 Å². The molecule has 2 aromatic rings. The Kier molecular flexibility index (Phi) is 4.19. The van der Waals surface area contributed by atoms with Crippen molar-refractivity contribution in [3.63, 3.8) is 0 Å². The number of hydrogen-bond acceptors (Lipinski definition) is 4. The Morgan fingerprint density at radius 1 is 1.39 bits per heavy atom. The van der Waals surface area contributed by atoms with Gasteiger partial charge in [-0.2, -0.15) is 0 Å². The van der Waals surface area contributed by atoms with Gasteiger partial charge in [-0.1, -0.05) is 0 Å². The van der Waals surface area contributed by atoms with E-state index >= 15 is 0 Å². The molecular formula is C17H18BrNO4. The minimum absolute atomic E-state index is 0.144. The average molecular weight is 380 g/mol. The minimum Gasteiger partial charge on any atom is -0.462 e. The van der Waals surface area contributed by atoms with E-state index < -0.39 is 0 Å². The first-order valence-electron chi connectivity index (χ1n) is 7.59. The highest BCUT2D eigenvalue weighted by molar-refractivity contribution is 9.10. The molecule has 0 aromatic carbocycles. The Morgan fingerprint density at radius 3 is 2.74 bits per heavy atom. The van der Waals surface area contributed by atoms with Gasteiger partial charge in [-0.25, -0.2) is 0 Å². The topological polar surface area (TPSA) is 61.4 Å². The van der Waals surface area contributed by atoms with Gasteiger partial charge in [-0.3, -0.25) is 9.59 Å². The lowest BCUT2D eigenvalue weighted by Crippen LogP contribution is -2.18. The van der Waals surface area contributed by atoms with Crippen molar-refractivity contribution < 1.29 is 18.7 Å². The summed E-state index contributed by atoms with van der Waals surface area (Å²) in [4.78, 5) is 24.9. The third kappa shape index (κ3) is 2.87.